The highest BCUT2D eigenvalue weighted by Crippen LogP contribution is 2.43. The number of alkyl halides is 6. The van der Waals surface area contributed by atoms with Crippen molar-refractivity contribution >= 4 is 55.9 Å². The molecule has 2 aliphatic rings. The fraction of sp³-hybridized carbons (Fsp3) is 0.273. The number of rotatable bonds is 6. The zero-order valence-corrected chi connectivity index (χ0v) is 36.2. The first-order chi connectivity index (χ1) is 28.8. The van der Waals surface area contributed by atoms with Crippen molar-refractivity contribution in [3.8, 4) is 22.5 Å². The average molecular weight is 903 g/mol. The number of aryl methyl sites for hydroxylation is 2. The molecule has 0 bridgehead atoms. The number of nitrogens with zero attached hydrogens (tertiary/aromatic N) is 4. The second kappa shape index (κ2) is 18.4. The van der Waals surface area contributed by atoms with Gasteiger partial charge in [-0.3, -0.25) is 0 Å². The van der Waals surface area contributed by atoms with Crippen LogP contribution in [0.15, 0.2) is 85.2 Å². The summed E-state index contributed by atoms with van der Waals surface area (Å²) in [5.41, 5.74) is 7.43. The highest BCUT2D eigenvalue weighted by Gasteiger charge is 2.38. The van der Waals surface area contributed by atoms with Crippen LogP contribution in [0.25, 0.3) is 46.8 Å². The lowest BCUT2D eigenvalue weighted by Gasteiger charge is -2.27. The minimum absolute atomic E-state index is 1.01. The Hall–Kier alpha value is -5.56. The van der Waals surface area contributed by atoms with Gasteiger partial charge in [0, 0.05) is 76.7 Å². The fourth-order valence-corrected chi connectivity index (χ4v) is 7.06. The first-order valence-corrected chi connectivity index (χ1v) is 21.8. The van der Waals surface area contributed by atoms with Crippen molar-refractivity contribution in [3.05, 3.63) is 130 Å². The molecule has 0 fully saturated rings. The Morgan fingerprint density at radius 1 is 0.532 bits per heavy atom. The van der Waals surface area contributed by atoms with Crippen molar-refractivity contribution in [2.45, 2.75) is 50.8 Å². The van der Waals surface area contributed by atoms with E-state index in [4.69, 9.17) is 25.9 Å². The molecule has 0 amide bonds. The summed E-state index contributed by atoms with van der Waals surface area (Å²) in [4.78, 5) is 4.27. The maximum atomic E-state index is 10.7. The number of hydrogen-bond acceptors (Lipinski definition) is 8. The normalized spacial score (nSPS) is 13.5. The standard InChI is InChI=1S/C42H44N4.2CHF3O3S/c1-29-30(2)38-22-26-46-24-20-34(10-8-32-13-17-36(18-14-32)44(5)6)28-40(46)42(38)41-37(29)21-25-45-23-19-33(27-39(41)45)9-7-31-11-15-35(16-12-31)43(3)4;2*2-1(3,4)8(5,6)7/h7-20,23-24,27-28H,21-22,25-26H2,1-6H3;2*(H,5,6,7)/q+2;;/p-2. The summed E-state index contributed by atoms with van der Waals surface area (Å²) < 4.78 is 123. The number of benzene rings is 3. The number of hydrogen-bond donors (Lipinski definition) is 0. The highest BCUT2D eigenvalue weighted by molar-refractivity contribution is 7.86. The molecule has 0 spiro atoms. The molecule has 0 saturated carbocycles. The first kappa shape index (κ1) is 47.5. The highest BCUT2D eigenvalue weighted by atomic mass is 32.2. The SMILES string of the molecule is Cc1c(C)c2c(c3c1CC[n+]1ccc(/C=C/c4ccc(N(C)C)cc4)cc1-3)-c1cc(/C=C/c3ccc(N(C)C)cc3)cc[n+]1CC2.O=S(=O)([O-])C(F)(F)F.O=S(=O)([O-])C(F)(F)F. The molecule has 0 radical (unpaired) electrons. The van der Waals surface area contributed by atoms with Crippen LogP contribution in [-0.2, 0) is 46.2 Å². The Labute approximate surface area is 357 Å². The van der Waals surface area contributed by atoms with Gasteiger partial charge in [0.2, 0.25) is 11.4 Å². The van der Waals surface area contributed by atoms with Gasteiger partial charge in [-0.25, -0.2) is 16.8 Å². The lowest BCUT2D eigenvalue weighted by molar-refractivity contribution is -0.689. The van der Waals surface area contributed by atoms with Crippen molar-refractivity contribution in [1.82, 2.24) is 0 Å². The number of aromatic nitrogens is 2. The minimum Gasteiger partial charge on any atom is -0.741 e. The summed E-state index contributed by atoms with van der Waals surface area (Å²) in [6.45, 7) is 6.70. The van der Waals surface area contributed by atoms with Crippen LogP contribution in [0.1, 0.15) is 44.5 Å². The van der Waals surface area contributed by atoms with Gasteiger partial charge in [0.15, 0.2) is 45.7 Å². The predicted molar refractivity (Wildman–Crippen MR) is 225 cm³/mol. The summed E-state index contributed by atoms with van der Waals surface area (Å²) in [6, 6.07) is 26.8. The molecule has 0 aliphatic carbocycles. The molecular weight excluding hydrogens is 859 g/mol. The van der Waals surface area contributed by atoms with Crippen LogP contribution in [-0.4, -0.2) is 65.1 Å². The molecule has 62 heavy (non-hydrogen) atoms. The van der Waals surface area contributed by atoms with Crippen molar-refractivity contribution in [1.29, 1.82) is 0 Å². The van der Waals surface area contributed by atoms with Crippen LogP contribution in [0.3, 0.4) is 0 Å². The fourth-order valence-electron chi connectivity index (χ4n) is 7.06. The zero-order valence-electron chi connectivity index (χ0n) is 34.5. The van der Waals surface area contributed by atoms with Crippen molar-refractivity contribution < 1.29 is 61.4 Å². The van der Waals surface area contributed by atoms with Gasteiger partial charge in [-0.15, -0.1) is 0 Å². The first-order valence-electron chi connectivity index (χ1n) is 18.9. The molecule has 330 valence electrons. The molecule has 5 aromatic rings. The van der Waals surface area contributed by atoms with E-state index in [0.717, 1.165) is 25.9 Å². The van der Waals surface area contributed by atoms with Crippen molar-refractivity contribution in [2.75, 3.05) is 38.0 Å². The van der Waals surface area contributed by atoms with E-state index in [2.05, 4.69) is 170 Å². The monoisotopic (exact) mass is 902 g/mol. The van der Waals surface area contributed by atoms with E-state index in [1.54, 1.807) is 0 Å². The molecule has 0 unspecified atom stereocenters. The minimum atomic E-state index is -6.09. The summed E-state index contributed by atoms with van der Waals surface area (Å²) >= 11 is 0. The molecule has 3 aromatic carbocycles. The van der Waals surface area contributed by atoms with Gasteiger partial charge < -0.3 is 18.9 Å². The van der Waals surface area contributed by atoms with Gasteiger partial charge >= 0.3 is 11.0 Å². The predicted octanol–water partition coefficient (Wildman–Crippen LogP) is 7.90. The van der Waals surface area contributed by atoms with E-state index in [1.165, 1.54) is 78.4 Å². The van der Waals surface area contributed by atoms with Crippen LogP contribution in [0, 0.1) is 13.8 Å². The van der Waals surface area contributed by atoms with Gasteiger partial charge in [0.05, 0.1) is 11.1 Å². The molecule has 0 saturated heterocycles. The smallest absolute Gasteiger partial charge is 0.485 e. The van der Waals surface area contributed by atoms with Gasteiger partial charge in [-0.1, -0.05) is 48.6 Å². The molecule has 7 rings (SSSR count). The largest absolute Gasteiger partial charge is 0.741 e. The zero-order chi connectivity index (χ0) is 45.9. The summed E-state index contributed by atoms with van der Waals surface area (Å²) in [6.07, 6.45) is 15.6. The number of fused-ring (bicyclic) bond motifs is 7. The summed E-state index contributed by atoms with van der Waals surface area (Å²) in [7, 11) is -3.87. The topological polar surface area (TPSA) is 129 Å². The molecular formula is C44H44F6N4O6S2. The molecule has 10 nitrogen and oxygen atoms in total. The second-order valence-electron chi connectivity index (χ2n) is 15.0. The van der Waals surface area contributed by atoms with Gasteiger partial charge in [0.25, 0.3) is 0 Å². The quantitative estimate of drug-likeness (QED) is 0.0729. The van der Waals surface area contributed by atoms with Crippen LogP contribution in [0.4, 0.5) is 37.7 Å². The number of halogens is 6. The molecule has 18 heteroatoms. The van der Waals surface area contributed by atoms with E-state index in [-0.39, 0.29) is 0 Å². The maximum absolute atomic E-state index is 10.7. The lowest BCUT2D eigenvalue weighted by atomic mass is 9.79. The maximum Gasteiger partial charge on any atom is 0.485 e. The van der Waals surface area contributed by atoms with Gasteiger partial charge in [-0.05, 0) is 82.6 Å². The summed E-state index contributed by atoms with van der Waals surface area (Å²) in [5.74, 6) is 0. The molecule has 0 atom stereocenters. The third-order valence-electron chi connectivity index (χ3n) is 10.5. The molecule has 4 heterocycles. The Morgan fingerprint density at radius 2 is 0.823 bits per heavy atom. The van der Waals surface area contributed by atoms with Crippen LogP contribution in [0.2, 0.25) is 0 Å². The van der Waals surface area contributed by atoms with Crippen LogP contribution in [0.5, 0.6) is 0 Å². The number of pyridine rings is 2. The average Bonchev–Trinajstić information content (AvgIpc) is 3.19. The molecule has 2 aromatic heterocycles. The third kappa shape index (κ3) is 11.1. The summed E-state index contributed by atoms with van der Waals surface area (Å²) in [5, 5.41) is 0. The Balaban J connectivity index is 0.000000386. The van der Waals surface area contributed by atoms with E-state index in [0.29, 0.717) is 0 Å². The van der Waals surface area contributed by atoms with Crippen LogP contribution >= 0.6 is 0 Å². The van der Waals surface area contributed by atoms with E-state index >= 15 is 0 Å². The van der Waals surface area contributed by atoms with E-state index < -0.39 is 31.3 Å². The van der Waals surface area contributed by atoms with E-state index in [9.17, 15) is 26.3 Å². The van der Waals surface area contributed by atoms with E-state index in [1.807, 2.05) is 0 Å². The Morgan fingerprint density at radius 3 is 1.10 bits per heavy atom. The Kier molecular flexibility index (Phi) is 14.1. The lowest BCUT2D eigenvalue weighted by Crippen LogP contribution is -2.43. The van der Waals surface area contributed by atoms with Gasteiger partial charge in [-0.2, -0.15) is 35.5 Å². The van der Waals surface area contributed by atoms with Crippen molar-refractivity contribution in [2.24, 2.45) is 0 Å². The Bertz CT molecular complexity index is 2550. The molecule has 2 aliphatic heterocycles. The van der Waals surface area contributed by atoms with Crippen LogP contribution < -0.4 is 18.9 Å². The number of anilines is 2. The van der Waals surface area contributed by atoms with Gasteiger partial charge in [0.1, 0.15) is 0 Å². The second-order valence-corrected chi connectivity index (χ2v) is 17.7. The van der Waals surface area contributed by atoms with Crippen molar-refractivity contribution in [3.63, 3.8) is 0 Å². The molecule has 0 N–H and O–H groups in total. The third-order valence-corrected chi connectivity index (χ3v) is 11.6.